The molecule has 0 aliphatic rings. The van der Waals surface area contributed by atoms with E-state index >= 15 is 0 Å². The zero-order valence-corrected chi connectivity index (χ0v) is 30.4. The third-order valence-electron chi connectivity index (χ3n) is 9.65. The molecule has 0 radical (unpaired) electrons. The Labute approximate surface area is 268 Å². The summed E-state index contributed by atoms with van der Waals surface area (Å²) in [6, 6.07) is 0. The van der Waals surface area contributed by atoms with E-state index in [1.807, 2.05) is 0 Å². The molecule has 0 amide bonds. The predicted octanol–water partition coefficient (Wildman–Crippen LogP) is 13.4. The van der Waals surface area contributed by atoms with Gasteiger partial charge in [0.25, 0.3) is 0 Å². The van der Waals surface area contributed by atoms with Crippen LogP contribution in [0.1, 0.15) is 219 Å². The summed E-state index contributed by atoms with van der Waals surface area (Å²) >= 11 is 0. The van der Waals surface area contributed by atoms with Gasteiger partial charge in [-0.15, -0.1) is 0 Å². The van der Waals surface area contributed by atoms with E-state index in [0.717, 1.165) is 0 Å². The van der Waals surface area contributed by atoms with Crippen molar-refractivity contribution in [3.05, 3.63) is 0 Å². The number of unbranched alkanes of at least 4 members (excludes halogenated alkanes) is 30. The van der Waals surface area contributed by atoms with Crippen LogP contribution in [-0.2, 0) is 0 Å². The highest BCUT2D eigenvalue weighted by atomic mass is 15.2. The van der Waals surface area contributed by atoms with Gasteiger partial charge in [-0.25, -0.2) is 0 Å². The molecule has 0 heterocycles. The zero-order chi connectivity index (χ0) is 30.6. The summed E-state index contributed by atoms with van der Waals surface area (Å²) in [5.74, 6) is 0. The van der Waals surface area contributed by atoms with Crippen molar-refractivity contribution in [2.24, 2.45) is 0 Å². The second-order valence-electron chi connectivity index (χ2n) is 14.2. The Bertz CT molecular complexity index is 423. The van der Waals surface area contributed by atoms with Crippen molar-refractivity contribution >= 4 is 0 Å². The topological polar surface area (TPSA) is 6.48 Å². The van der Waals surface area contributed by atoms with Gasteiger partial charge in [0.1, 0.15) is 0 Å². The van der Waals surface area contributed by atoms with Gasteiger partial charge in [0.05, 0.1) is 0 Å². The first kappa shape index (κ1) is 41.9. The lowest BCUT2D eigenvalue weighted by molar-refractivity contribution is 0.249. The van der Waals surface area contributed by atoms with E-state index in [-0.39, 0.29) is 0 Å². The highest BCUT2D eigenvalue weighted by molar-refractivity contribution is 4.59. The van der Waals surface area contributed by atoms with Gasteiger partial charge in [0.15, 0.2) is 0 Å². The number of nitrogens with zero attached hydrogens (tertiary/aromatic N) is 2. The van der Waals surface area contributed by atoms with E-state index in [1.165, 1.54) is 232 Å². The molecule has 0 saturated carbocycles. The molecule has 0 fully saturated rings. The van der Waals surface area contributed by atoms with Crippen LogP contribution in [0, 0.1) is 0 Å². The van der Waals surface area contributed by atoms with Gasteiger partial charge in [-0.3, -0.25) is 0 Å². The average molecular weight is 593 g/mol. The maximum Gasteiger partial charge on any atom is 0.0106 e. The number of hydrogen-bond donors (Lipinski definition) is 0. The molecule has 0 bridgehead atoms. The van der Waals surface area contributed by atoms with Crippen LogP contribution in [0.15, 0.2) is 0 Å². The molecule has 2 heteroatoms. The van der Waals surface area contributed by atoms with E-state index < -0.39 is 0 Å². The SMILES string of the molecule is CCCCCCCCCCCCCCCCCCN(C)CCN(C)CCCCCCCCCCCCCCCCCC. The Morgan fingerprint density at radius 1 is 0.214 bits per heavy atom. The lowest BCUT2D eigenvalue weighted by Gasteiger charge is -2.22. The minimum atomic E-state index is 1.23. The maximum atomic E-state index is 2.56. The molecule has 0 aromatic heterocycles. The van der Waals surface area contributed by atoms with Crippen molar-refractivity contribution in [3.63, 3.8) is 0 Å². The third-order valence-corrected chi connectivity index (χ3v) is 9.65. The lowest BCUT2D eigenvalue weighted by Crippen LogP contribution is -2.32. The Morgan fingerprint density at radius 3 is 0.571 bits per heavy atom. The molecule has 0 rings (SSSR count). The Balaban J connectivity index is 3.25. The highest BCUT2D eigenvalue weighted by Crippen LogP contribution is 2.15. The van der Waals surface area contributed by atoms with Crippen LogP contribution >= 0.6 is 0 Å². The number of likely N-dealkylation sites (N-methyl/N-ethyl adjacent to an activating group) is 2. The van der Waals surface area contributed by atoms with Gasteiger partial charge in [0, 0.05) is 13.1 Å². The molecular formula is C40H84N2. The summed E-state index contributed by atoms with van der Waals surface area (Å²) in [6.45, 7) is 9.64. The van der Waals surface area contributed by atoms with Crippen LogP contribution in [0.4, 0.5) is 0 Å². The smallest absolute Gasteiger partial charge is 0.0106 e. The Kier molecular flexibility index (Phi) is 37.0. The normalized spacial score (nSPS) is 11.9. The van der Waals surface area contributed by atoms with Crippen molar-refractivity contribution in [2.75, 3.05) is 40.3 Å². The van der Waals surface area contributed by atoms with Crippen LogP contribution in [0.3, 0.4) is 0 Å². The Hall–Kier alpha value is -0.0800. The van der Waals surface area contributed by atoms with Crippen LogP contribution in [0.25, 0.3) is 0 Å². The van der Waals surface area contributed by atoms with Crippen LogP contribution in [0.2, 0.25) is 0 Å². The highest BCUT2D eigenvalue weighted by Gasteiger charge is 2.03. The van der Waals surface area contributed by atoms with Gasteiger partial charge in [-0.05, 0) is 40.0 Å². The monoisotopic (exact) mass is 593 g/mol. The zero-order valence-electron chi connectivity index (χ0n) is 30.4. The molecule has 0 atom stereocenters. The first-order valence-electron chi connectivity index (χ1n) is 20.1. The van der Waals surface area contributed by atoms with E-state index in [0.29, 0.717) is 0 Å². The summed E-state index contributed by atoms with van der Waals surface area (Å²) in [5, 5.41) is 0. The second kappa shape index (κ2) is 37.1. The van der Waals surface area contributed by atoms with Gasteiger partial charge in [-0.1, -0.05) is 206 Å². The summed E-state index contributed by atoms with van der Waals surface area (Å²) < 4.78 is 0. The molecule has 2 nitrogen and oxygen atoms in total. The van der Waals surface area contributed by atoms with Gasteiger partial charge in [0.2, 0.25) is 0 Å². The van der Waals surface area contributed by atoms with E-state index in [4.69, 9.17) is 0 Å². The molecule has 0 saturated heterocycles. The van der Waals surface area contributed by atoms with Crippen LogP contribution in [-0.4, -0.2) is 50.1 Å². The first-order valence-corrected chi connectivity index (χ1v) is 20.1. The van der Waals surface area contributed by atoms with E-state index in [1.54, 1.807) is 0 Å². The van der Waals surface area contributed by atoms with Crippen molar-refractivity contribution < 1.29 is 0 Å². The fraction of sp³-hybridized carbons (Fsp3) is 1.00. The summed E-state index contributed by atoms with van der Waals surface area (Å²) in [7, 11) is 4.65. The summed E-state index contributed by atoms with van der Waals surface area (Å²) in [4.78, 5) is 5.13. The molecule has 0 N–H and O–H groups in total. The van der Waals surface area contributed by atoms with Crippen molar-refractivity contribution in [2.45, 2.75) is 219 Å². The number of rotatable bonds is 37. The minimum Gasteiger partial charge on any atom is -0.305 e. The minimum absolute atomic E-state index is 1.23. The van der Waals surface area contributed by atoms with E-state index in [2.05, 4.69) is 37.7 Å². The standard InChI is InChI=1S/C40H84N2/c1-5-7-9-11-13-15-17-19-21-23-25-27-29-31-33-35-37-41(3)39-40-42(4)38-36-34-32-30-28-26-24-22-20-18-16-14-12-10-8-6-2/h5-40H2,1-4H3. The van der Waals surface area contributed by atoms with Gasteiger partial charge < -0.3 is 9.80 Å². The van der Waals surface area contributed by atoms with Crippen LogP contribution in [0.5, 0.6) is 0 Å². The Morgan fingerprint density at radius 2 is 0.381 bits per heavy atom. The van der Waals surface area contributed by atoms with Crippen LogP contribution < -0.4 is 0 Å². The molecule has 0 spiro atoms. The largest absolute Gasteiger partial charge is 0.305 e. The molecule has 0 aromatic carbocycles. The fourth-order valence-corrected chi connectivity index (χ4v) is 6.42. The summed E-state index contributed by atoms with van der Waals surface area (Å²) in [6.07, 6.45) is 46.6. The van der Waals surface area contributed by atoms with Crippen molar-refractivity contribution in [1.29, 1.82) is 0 Å². The summed E-state index contributed by atoms with van der Waals surface area (Å²) in [5.41, 5.74) is 0. The molecule has 0 aromatic rings. The molecule has 42 heavy (non-hydrogen) atoms. The van der Waals surface area contributed by atoms with E-state index in [9.17, 15) is 0 Å². The fourth-order valence-electron chi connectivity index (χ4n) is 6.42. The third kappa shape index (κ3) is 36.1. The predicted molar refractivity (Wildman–Crippen MR) is 194 cm³/mol. The average Bonchev–Trinajstić information content (AvgIpc) is 2.99. The molecular weight excluding hydrogens is 508 g/mol. The van der Waals surface area contributed by atoms with Gasteiger partial charge in [-0.2, -0.15) is 0 Å². The molecule has 0 aliphatic heterocycles. The second-order valence-corrected chi connectivity index (χ2v) is 14.2. The van der Waals surface area contributed by atoms with Crippen molar-refractivity contribution in [1.82, 2.24) is 9.80 Å². The molecule has 0 unspecified atom stereocenters. The molecule has 0 aliphatic carbocycles. The lowest BCUT2D eigenvalue weighted by atomic mass is 10.0. The quantitative estimate of drug-likeness (QED) is 0.0662. The first-order chi connectivity index (χ1) is 20.7. The maximum absolute atomic E-state index is 2.56. The number of hydrogen-bond acceptors (Lipinski definition) is 2. The molecule has 254 valence electrons. The van der Waals surface area contributed by atoms with Gasteiger partial charge >= 0.3 is 0 Å². The van der Waals surface area contributed by atoms with Crippen molar-refractivity contribution in [3.8, 4) is 0 Å².